The fourth-order valence-electron chi connectivity index (χ4n) is 4.35. The molecular formula is C26H44O5Si. The summed E-state index contributed by atoms with van der Waals surface area (Å²) in [6.07, 6.45) is 0.892. The Kier molecular flexibility index (Phi) is 10.9. The molecule has 1 saturated carbocycles. The van der Waals surface area contributed by atoms with Crippen molar-refractivity contribution >= 4 is 14.1 Å². The van der Waals surface area contributed by atoms with Gasteiger partial charge in [-0.1, -0.05) is 46.8 Å². The Labute approximate surface area is 196 Å². The van der Waals surface area contributed by atoms with Crippen LogP contribution in [0.5, 0.6) is 5.75 Å². The van der Waals surface area contributed by atoms with E-state index in [2.05, 4.69) is 27.7 Å². The fraction of sp³-hybridized carbons (Fsp3) is 0.731. The Hall–Kier alpha value is -1.21. The number of ether oxygens (including phenoxy) is 2. The zero-order chi connectivity index (χ0) is 23.7. The largest absolute Gasteiger partial charge is 0.497 e. The highest BCUT2D eigenvalue weighted by molar-refractivity contribution is 6.73. The molecule has 0 heterocycles. The smallest absolute Gasteiger partial charge is 0.191 e. The van der Waals surface area contributed by atoms with Crippen molar-refractivity contribution in [1.82, 2.24) is 0 Å². The van der Waals surface area contributed by atoms with E-state index in [9.17, 15) is 9.90 Å². The number of rotatable bonds is 16. The minimum absolute atomic E-state index is 0.0472. The number of aliphatic hydroxyl groups excluding tert-OH is 1. The van der Waals surface area contributed by atoms with Crippen molar-refractivity contribution in [3.8, 4) is 5.75 Å². The van der Waals surface area contributed by atoms with Gasteiger partial charge in [0.05, 0.1) is 25.9 Å². The second-order valence-electron chi connectivity index (χ2n) is 9.62. The van der Waals surface area contributed by atoms with Crippen LogP contribution in [-0.4, -0.2) is 45.1 Å². The van der Waals surface area contributed by atoms with Gasteiger partial charge in [0, 0.05) is 25.4 Å². The van der Waals surface area contributed by atoms with Gasteiger partial charge in [-0.2, -0.15) is 0 Å². The molecule has 1 aromatic carbocycles. The molecule has 6 heteroatoms. The van der Waals surface area contributed by atoms with Crippen LogP contribution >= 0.6 is 0 Å². The molecule has 0 saturated heterocycles. The predicted molar refractivity (Wildman–Crippen MR) is 131 cm³/mol. The van der Waals surface area contributed by atoms with Crippen LogP contribution in [-0.2, 0) is 20.6 Å². The van der Waals surface area contributed by atoms with Gasteiger partial charge in [-0.05, 0) is 54.1 Å². The molecule has 0 amide bonds. The van der Waals surface area contributed by atoms with Gasteiger partial charge < -0.3 is 19.0 Å². The van der Waals surface area contributed by atoms with E-state index in [-0.39, 0.29) is 24.2 Å². The molecule has 0 unspecified atom stereocenters. The number of aliphatic hydroxyl groups is 1. The van der Waals surface area contributed by atoms with Crippen LogP contribution in [0.2, 0.25) is 18.1 Å². The van der Waals surface area contributed by atoms with Gasteiger partial charge in [0.25, 0.3) is 0 Å². The van der Waals surface area contributed by atoms with Crippen LogP contribution in [0.15, 0.2) is 24.3 Å². The molecule has 1 aliphatic rings. The maximum atomic E-state index is 12.8. The van der Waals surface area contributed by atoms with Crippen molar-refractivity contribution in [3.05, 3.63) is 29.8 Å². The zero-order valence-electron chi connectivity index (χ0n) is 20.9. The average Bonchev–Trinajstić information content (AvgIpc) is 3.54. The van der Waals surface area contributed by atoms with Crippen LogP contribution in [0.4, 0.5) is 0 Å². The third-order valence-electron chi connectivity index (χ3n) is 7.38. The predicted octanol–water partition coefficient (Wildman–Crippen LogP) is 5.60. The third kappa shape index (κ3) is 7.98. The molecular weight excluding hydrogens is 420 g/mol. The first-order chi connectivity index (χ1) is 15.3. The summed E-state index contributed by atoms with van der Waals surface area (Å²) >= 11 is 0. The number of hydrogen-bond donors (Lipinski definition) is 1. The topological polar surface area (TPSA) is 65.0 Å². The molecule has 0 aliphatic heterocycles. The number of hydrogen-bond acceptors (Lipinski definition) is 5. The van der Waals surface area contributed by atoms with E-state index < -0.39 is 14.4 Å². The van der Waals surface area contributed by atoms with Crippen LogP contribution in [0.1, 0.15) is 59.4 Å². The van der Waals surface area contributed by atoms with Crippen LogP contribution in [0.3, 0.4) is 0 Å². The summed E-state index contributed by atoms with van der Waals surface area (Å²) in [7, 11) is -0.0280. The molecule has 1 N–H and O–H groups in total. The lowest BCUT2D eigenvalue weighted by atomic mass is 9.97. The number of benzene rings is 1. The first-order valence-corrected chi connectivity index (χ1v) is 14.9. The van der Waals surface area contributed by atoms with E-state index >= 15 is 0 Å². The van der Waals surface area contributed by atoms with Gasteiger partial charge in [-0.3, -0.25) is 4.79 Å². The van der Waals surface area contributed by atoms with Crippen molar-refractivity contribution in [2.75, 3.05) is 13.7 Å². The molecule has 5 atom stereocenters. The highest BCUT2D eigenvalue weighted by atomic mass is 28.4. The molecule has 1 aromatic rings. The lowest BCUT2D eigenvalue weighted by molar-refractivity contribution is -0.125. The number of carbonyl (C=O) groups is 1. The zero-order valence-corrected chi connectivity index (χ0v) is 21.9. The van der Waals surface area contributed by atoms with E-state index in [1.54, 1.807) is 7.11 Å². The van der Waals surface area contributed by atoms with Crippen molar-refractivity contribution in [2.24, 2.45) is 17.8 Å². The molecule has 1 fully saturated rings. The molecule has 182 valence electrons. The number of carbonyl (C=O) groups excluding carboxylic acids is 1. The van der Waals surface area contributed by atoms with Crippen LogP contribution < -0.4 is 4.74 Å². The lowest BCUT2D eigenvalue weighted by Gasteiger charge is -2.30. The maximum absolute atomic E-state index is 12.8. The molecule has 1 aliphatic carbocycles. The Morgan fingerprint density at radius 2 is 1.72 bits per heavy atom. The number of Topliss-reactive ketones (excluding diaryl/α,β-unsaturated/α-hetero) is 1. The standard InChI is InChI=1S/C26H44O5Si/c1-7-32(8-2,9-3)31-17-20(5)25(28)15-22(27)16-26(24-14-19(24)4)30-18-21-10-12-23(29-6)13-11-21/h10-13,19-20,24-26,28H,7-9,14-18H2,1-6H3/t19-,20+,24-,25+,26+/m1/s1. The summed E-state index contributed by atoms with van der Waals surface area (Å²) in [6.45, 7) is 11.8. The van der Waals surface area contributed by atoms with Crippen LogP contribution in [0, 0.1) is 17.8 Å². The second-order valence-corrected chi connectivity index (χ2v) is 14.4. The van der Waals surface area contributed by atoms with E-state index in [0.29, 0.717) is 31.5 Å². The Bertz CT molecular complexity index is 680. The summed E-state index contributed by atoms with van der Waals surface area (Å²) in [5, 5.41) is 10.6. The van der Waals surface area contributed by atoms with E-state index in [1.165, 1.54) is 0 Å². The highest BCUT2D eigenvalue weighted by Crippen LogP contribution is 2.43. The maximum Gasteiger partial charge on any atom is 0.191 e. The normalized spacial score (nSPS) is 21.1. The molecule has 0 radical (unpaired) electrons. The SMILES string of the molecule is CC[Si](CC)(CC)OC[C@H](C)[C@@H](O)CC(=O)C[C@H](OCc1ccc(OC)cc1)[C@@H]1C[C@H]1C. The Morgan fingerprint density at radius 1 is 1.12 bits per heavy atom. The number of methoxy groups -OCH3 is 1. The Morgan fingerprint density at radius 3 is 2.22 bits per heavy atom. The van der Waals surface area contributed by atoms with E-state index in [4.69, 9.17) is 13.9 Å². The fourth-order valence-corrected chi connectivity index (χ4v) is 7.07. The van der Waals surface area contributed by atoms with Crippen molar-refractivity contribution in [1.29, 1.82) is 0 Å². The molecule has 0 aromatic heterocycles. The van der Waals surface area contributed by atoms with Crippen molar-refractivity contribution in [2.45, 2.75) is 90.8 Å². The van der Waals surface area contributed by atoms with Crippen molar-refractivity contribution in [3.63, 3.8) is 0 Å². The van der Waals surface area contributed by atoms with Gasteiger partial charge >= 0.3 is 0 Å². The van der Waals surface area contributed by atoms with E-state index in [1.807, 2.05) is 31.2 Å². The summed E-state index contributed by atoms with van der Waals surface area (Å²) < 4.78 is 17.7. The van der Waals surface area contributed by atoms with Crippen molar-refractivity contribution < 1.29 is 23.8 Å². The monoisotopic (exact) mass is 464 g/mol. The lowest BCUT2D eigenvalue weighted by Crippen LogP contribution is -2.39. The number of ketones is 1. The van der Waals surface area contributed by atoms with E-state index in [0.717, 1.165) is 35.9 Å². The Balaban J connectivity index is 1.84. The summed E-state index contributed by atoms with van der Waals surface area (Å²) in [5.41, 5.74) is 1.07. The first kappa shape index (κ1) is 27.0. The van der Waals surface area contributed by atoms with Crippen LogP contribution in [0.25, 0.3) is 0 Å². The van der Waals surface area contributed by atoms with Gasteiger partial charge in [-0.25, -0.2) is 0 Å². The molecule has 0 bridgehead atoms. The third-order valence-corrected chi connectivity index (χ3v) is 12.0. The van der Waals surface area contributed by atoms with Gasteiger partial charge in [0.1, 0.15) is 11.5 Å². The molecule has 0 spiro atoms. The summed E-state index contributed by atoms with van der Waals surface area (Å²) in [6, 6.07) is 11.1. The summed E-state index contributed by atoms with van der Waals surface area (Å²) in [5.74, 6) is 1.87. The second kappa shape index (κ2) is 12.9. The first-order valence-electron chi connectivity index (χ1n) is 12.4. The average molecular weight is 465 g/mol. The highest BCUT2D eigenvalue weighted by Gasteiger charge is 2.41. The minimum Gasteiger partial charge on any atom is -0.497 e. The molecule has 32 heavy (non-hydrogen) atoms. The molecule has 2 rings (SSSR count). The summed E-state index contributed by atoms with van der Waals surface area (Å²) in [4.78, 5) is 12.8. The van der Waals surface area contributed by atoms with Gasteiger partial charge in [0.15, 0.2) is 8.32 Å². The van der Waals surface area contributed by atoms with Gasteiger partial charge in [0.2, 0.25) is 0 Å². The minimum atomic E-state index is -1.68. The quantitative estimate of drug-likeness (QED) is 0.322. The van der Waals surface area contributed by atoms with Gasteiger partial charge in [-0.15, -0.1) is 0 Å². The molecule has 5 nitrogen and oxygen atoms in total.